The number of oxime groups is 1. The molecule has 0 unspecified atom stereocenters. The van der Waals surface area contributed by atoms with Crippen molar-refractivity contribution in [3.63, 3.8) is 0 Å². The summed E-state index contributed by atoms with van der Waals surface area (Å²) in [6.07, 6.45) is 1.67. The minimum absolute atomic E-state index is 0.0625. The topological polar surface area (TPSA) is 272 Å². The van der Waals surface area contributed by atoms with Gasteiger partial charge in [-0.05, 0) is 31.2 Å². The first-order valence-electron chi connectivity index (χ1n) is 16.1. The summed E-state index contributed by atoms with van der Waals surface area (Å²) in [4.78, 5) is 62.8. The highest BCUT2D eigenvalue weighted by atomic mass is 35.5. The number of aliphatic carboxylic acids is 1. The van der Waals surface area contributed by atoms with Gasteiger partial charge in [0, 0.05) is 47.7 Å². The van der Waals surface area contributed by atoms with Crippen LogP contribution >= 0.6 is 34.9 Å². The van der Waals surface area contributed by atoms with Gasteiger partial charge in [0.05, 0.1) is 48.2 Å². The summed E-state index contributed by atoms with van der Waals surface area (Å²) in [6, 6.07) is 2.43. The van der Waals surface area contributed by atoms with E-state index in [1.807, 2.05) is 0 Å². The fourth-order valence-electron chi connectivity index (χ4n) is 6.35. The van der Waals surface area contributed by atoms with Gasteiger partial charge in [0.2, 0.25) is 23.2 Å². The summed E-state index contributed by atoms with van der Waals surface area (Å²) in [6.45, 7) is 5.63. The number of carbonyl (C=O) groups is 4. The number of amides is 2. The van der Waals surface area contributed by atoms with Crippen molar-refractivity contribution in [3.05, 3.63) is 39.9 Å². The Hall–Kier alpha value is -4.86. The normalized spacial score (nSPS) is 20.0. The highest BCUT2D eigenvalue weighted by Crippen LogP contribution is 2.48. The first kappa shape index (κ1) is 36.9. The number of aromatic amines is 1. The molecule has 6 rings (SSSR count). The van der Waals surface area contributed by atoms with Gasteiger partial charge in [0.25, 0.3) is 5.91 Å². The maximum absolute atomic E-state index is 13.9. The number of nitrogens with two attached hydrogens (primary N) is 1. The van der Waals surface area contributed by atoms with Crippen LogP contribution < -0.4 is 11.1 Å². The summed E-state index contributed by atoms with van der Waals surface area (Å²) in [7, 11) is 0. The predicted octanol–water partition coefficient (Wildman–Crippen LogP) is 1.22. The number of halogens is 1. The largest absolute Gasteiger partial charge is 0.504 e. The van der Waals surface area contributed by atoms with Crippen LogP contribution in [0.2, 0.25) is 5.02 Å². The van der Waals surface area contributed by atoms with E-state index in [0.717, 1.165) is 49.1 Å². The van der Waals surface area contributed by atoms with Gasteiger partial charge in [-0.1, -0.05) is 16.8 Å². The molecule has 2 saturated heterocycles. The number of aromatic nitrogens is 6. The number of ketones is 1. The molecule has 0 bridgehead atoms. The Labute approximate surface area is 309 Å². The summed E-state index contributed by atoms with van der Waals surface area (Å²) >= 11 is 8.26. The van der Waals surface area contributed by atoms with E-state index in [1.54, 1.807) is 4.90 Å². The van der Waals surface area contributed by atoms with Crippen LogP contribution in [0.4, 0.5) is 5.13 Å². The monoisotopic (exact) mass is 776 g/mol. The molecule has 1 aromatic carbocycles. The number of hydrogen-bond donors (Lipinski definition) is 6. The number of aromatic hydroxyl groups is 2. The van der Waals surface area contributed by atoms with E-state index in [2.05, 4.69) is 40.5 Å². The van der Waals surface area contributed by atoms with Gasteiger partial charge < -0.3 is 35.7 Å². The summed E-state index contributed by atoms with van der Waals surface area (Å²) in [5.74, 6) is -3.87. The zero-order valence-electron chi connectivity index (χ0n) is 27.9. The number of hydrogen-bond acceptors (Lipinski definition) is 16. The van der Waals surface area contributed by atoms with Crippen molar-refractivity contribution in [3.8, 4) is 11.5 Å². The van der Waals surface area contributed by atoms with Gasteiger partial charge >= 0.3 is 5.97 Å². The van der Waals surface area contributed by atoms with E-state index in [1.165, 1.54) is 31.7 Å². The Bertz CT molecular complexity index is 1940. The number of H-pyrrole nitrogens is 1. The Balaban J connectivity index is 1.19. The maximum Gasteiger partial charge on any atom is 0.350 e. The molecule has 19 nitrogen and oxygen atoms in total. The molecule has 5 heterocycles. The Morgan fingerprint density at radius 3 is 2.63 bits per heavy atom. The summed E-state index contributed by atoms with van der Waals surface area (Å²) in [5.41, 5.74) is 5.16. The molecule has 0 saturated carbocycles. The number of rotatable bonds is 14. The molecule has 0 radical (unpaired) electrons. The molecule has 2 fully saturated rings. The number of fused-ring (bicyclic) bond motifs is 1. The molecule has 3 aliphatic rings. The van der Waals surface area contributed by atoms with E-state index in [0.29, 0.717) is 35.6 Å². The quantitative estimate of drug-likeness (QED) is 0.0442. The van der Waals surface area contributed by atoms with Crippen LogP contribution in [-0.2, 0) is 19.2 Å². The maximum atomic E-state index is 13.9. The fraction of sp³-hybridized carbons (Fsp3) is 0.467. The van der Waals surface area contributed by atoms with Gasteiger partial charge in [-0.15, -0.1) is 22.0 Å². The van der Waals surface area contributed by atoms with E-state index in [-0.39, 0.29) is 45.4 Å². The second-order valence-corrected chi connectivity index (χ2v) is 15.4. The lowest BCUT2D eigenvalue weighted by atomic mass is 9.89. The van der Waals surface area contributed by atoms with Gasteiger partial charge in [-0.25, -0.2) is 4.79 Å². The first-order chi connectivity index (χ1) is 24.7. The van der Waals surface area contributed by atoms with Gasteiger partial charge in [0.15, 0.2) is 28.1 Å². The third-order valence-corrected chi connectivity index (χ3v) is 11.4. The third kappa shape index (κ3) is 7.38. The Morgan fingerprint density at radius 1 is 1.25 bits per heavy atom. The zero-order chi connectivity index (χ0) is 37.4. The molecule has 2 atom stereocenters. The highest BCUT2D eigenvalue weighted by Gasteiger charge is 2.54. The number of anilines is 1. The molecule has 2 amide bonds. The number of likely N-dealkylation sites (tertiary alicyclic amines) is 1. The van der Waals surface area contributed by atoms with Crippen molar-refractivity contribution in [1.82, 2.24) is 40.2 Å². The Morgan fingerprint density at radius 2 is 2.00 bits per heavy atom. The fourth-order valence-corrected chi connectivity index (χ4v) is 8.40. The van der Waals surface area contributed by atoms with Gasteiger partial charge in [0.1, 0.15) is 6.54 Å². The molecule has 22 heteroatoms. The number of carbonyl (C=O) groups excluding carboxylic acids is 3. The van der Waals surface area contributed by atoms with Crippen LogP contribution in [0.1, 0.15) is 55.1 Å². The van der Waals surface area contributed by atoms with Gasteiger partial charge in [-0.3, -0.25) is 19.3 Å². The van der Waals surface area contributed by atoms with Crippen LogP contribution in [0.5, 0.6) is 11.5 Å². The molecular formula is C30H35ClN11O8S2+. The van der Waals surface area contributed by atoms with Crippen LogP contribution in [0, 0.1) is 5.92 Å². The molecule has 3 aromatic rings. The lowest BCUT2D eigenvalue weighted by Gasteiger charge is -2.50. The number of thioether (sulfide) groups is 1. The second kappa shape index (κ2) is 14.6. The minimum atomic E-state index is -1.76. The average molecular weight is 777 g/mol. The van der Waals surface area contributed by atoms with E-state index in [9.17, 15) is 34.5 Å². The molecule has 3 aliphatic heterocycles. The minimum Gasteiger partial charge on any atom is -0.504 e. The number of Topliss-reactive ketones (excluding diaryl/α,β-unsaturated/α-hetero) is 1. The Kier molecular flexibility index (Phi) is 10.4. The second-order valence-electron chi connectivity index (χ2n) is 13.1. The van der Waals surface area contributed by atoms with E-state index >= 15 is 0 Å². The first-order valence-corrected chi connectivity index (χ1v) is 18.3. The highest BCUT2D eigenvalue weighted by molar-refractivity contribution is 8.00. The smallest absolute Gasteiger partial charge is 0.350 e. The number of phenolic OH excluding ortho intramolecular Hbond substituents is 2. The third-order valence-electron chi connectivity index (χ3n) is 9.14. The molecule has 276 valence electrons. The number of carboxylic acids is 1. The molecule has 0 spiro atoms. The van der Waals surface area contributed by atoms with Crippen molar-refractivity contribution in [2.45, 2.75) is 44.1 Å². The number of tetrazole rings is 1. The van der Waals surface area contributed by atoms with Crippen LogP contribution in [0.15, 0.2) is 22.9 Å². The average Bonchev–Trinajstić information content (AvgIpc) is 3.89. The van der Waals surface area contributed by atoms with Crippen LogP contribution in [-0.4, -0.2) is 133 Å². The van der Waals surface area contributed by atoms with Crippen molar-refractivity contribution in [2.24, 2.45) is 11.1 Å². The number of quaternary nitrogens is 1. The number of nitrogens with one attached hydrogen (secondary N) is 2. The van der Waals surface area contributed by atoms with Crippen molar-refractivity contribution in [1.29, 1.82) is 0 Å². The van der Waals surface area contributed by atoms with Gasteiger partial charge in [-0.2, -0.15) is 14.6 Å². The molecule has 2 aromatic heterocycles. The summed E-state index contributed by atoms with van der Waals surface area (Å²) in [5, 5.41) is 49.8. The summed E-state index contributed by atoms with van der Waals surface area (Å²) < 4.78 is 4.67. The molecular weight excluding hydrogens is 742 g/mol. The molecule has 52 heavy (non-hydrogen) atoms. The number of β-lactam (4-membered cyclic amide) rings is 1. The van der Waals surface area contributed by atoms with Crippen molar-refractivity contribution < 1.29 is 43.8 Å². The number of phenols is 2. The molecule has 7 N–H and O–H groups in total. The van der Waals surface area contributed by atoms with Crippen molar-refractivity contribution in [2.75, 3.05) is 44.2 Å². The predicted molar refractivity (Wildman–Crippen MR) is 187 cm³/mol. The van der Waals surface area contributed by atoms with Crippen LogP contribution in [0.25, 0.3) is 5.70 Å². The number of benzene rings is 1. The lowest BCUT2D eigenvalue weighted by molar-refractivity contribution is -0.911. The van der Waals surface area contributed by atoms with Crippen molar-refractivity contribution >= 4 is 75.0 Å². The number of nitrogens with zero attached hydrogens (tertiary/aromatic N) is 8. The number of carboxylic acid groups (broad SMARTS) is 1. The zero-order valence-corrected chi connectivity index (χ0v) is 30.3. The van der Waals surface area contributed by atoms with E-state index in [4.69, 9.17) is 22.2 Å². The SMILES string of the molecule is CC(C)(O/N=C(\C(=O)C[C@@H]1C(=O)N2C(c3nn[nH]n3)=C(C[N+]3(CCNC(=O)c4cc(O)c(O)c(Cl)c4)CCCC3)CS[C@H]12)c1nsc(N)n1)C(=O)O. The number of nitrogen functional groups attached to an aromatic ring is 1. The standard InChI is InChI=1S/C30H34ClN11O8S2/c1-30(2,28(48)49)50-37-20(23-34-29(32)52-38-23)18(43)11-16-26(47)41-21(24-35-39-40-36-24)15(13-51-27(16)41)12-42(6-3-4-7-42)8-5-33-25(46)14-9-17(31)22(45)19(44)10-14/h9-10,16,27H,3-8,11-13H2,1-2H3,(H6-,32,33,34,35,36,37,38,39,40,43,44,45,46,48,49)/p+1/t16-,27-/m1/s1. The van der Waals surface area contributed by atoms with E-state index < -0.39 is 46.1 Å². The lowest BCUT2D eigenvalue weighted by Crippen LogP contribution is -2.61. The van der Waals surface area contributed by atoms with Crippen LogP contribution in [0.3, 0.4) is 0 Å². The molecule has 0 aliphatic carbocycles.